The van der Waals surface area contributed by atoms with Crippen LogP contribution in [-0.2, 0) is 14.8 Å². The van der Waals surface area contributed by atoms with Gasteiger partial charge in [-0.25, -0.2) is 8.42 Å². The molecule has 140 valence electrons. The highest BCUT2D eigenvalue weighted by Gasteiger charge is 2.22. The number of amides is 1. The summed E-state index contributed by atoms with van der Waals surface area (Å²) in [6, 6.07) is 4.79. The van der Waals surface area contributed by atoms with Crippen LogP contribution < -0.4 is 10.1 Å². The van der Waals surface area contributed by atoms with Crippen LogP contribution in [0.4, 0.5) is 0 Å². The molecule has 0 saturated carbocycles. The number of halogens is 2. The molecule has 0 spiro atoms. The highest BCUT2D eigenvalue weighted by atomic mass is 35.5. The molecule has 1 fully saturated rings. The smallest absolute Gasteiger partial charge is 0.257 e. The quantitative estimate of drug-likeness (QED) is 0.728. The van der Waals surface area contributed by atoms with Crippen molar-refractivity contribution in [3.8, 4) is 5.75 Å². The molecule has 7 nitrogen and oxygen atoms in total. The molecule has 1 heterocycles. The van der Waals surface area contributed by atoms with Crippen molar-refractivity contribution in [3.05, 3.63) is 28.2 Å². The molecule has 2 rings (SSSR count). The first-order chi connectivity index (χ1) is 11.8. The number of benzene rings is 1. The topological polar surface area (TPSA) is 79.0 Å². The fourth-order valence-corrected chi connectivity index (χ4v) is 3.71. The molecule has 10 heteroatoms. The van der Waals surface area contributed by atoms with E-state index in [2.05, 4.69) is 10.2 Å². The van der Waals surface area contributed by atoms with Gasteiger partial charge in [-0.3, -0.25) is 9.69 Å². The molecule has 1 saturated heterocycles. The first-order valence-corrected chi connectivity index (χ1v) is 10.4. The molecule has 1 aliphatic rings. The molecular weight excluding hydrogens is 389 g/mol. The van der Waals surface area contributed by atoms with Crippen LogP contribution in [0.25, 0.3) is 0 Å². The summed E-state index contributed by atoms with van der Waals surface area (Å²) >= 11 is 11.8. The van der Waals surface area contributed by atoms with Crippen LogP contribution in [0.3, 0.4) is 0 Å². The molecule has 0 radical (unpaired) electrons. The number of ether oxygens (including phenoxy) is 1. The van der Waals surface area contributed by atoms with Crippen LogP contribution in [0.5, 0.6) is 5.75 Å². The Kier molecular flexibility index (Phi) is 7.33. The SMILES string of the molecule is CS(=O)(=O)N1CCN(CCNC(=O)COc2ccc(Cl)cc2Cl)CC1. The van der Waals surface area contributed by atoms with Gasteiger partial charge >= 0.3 is 0 Å². The van der Waals surface area contributed by atoms with Crippen LogP contribution in [-0.4, -0.2) is 75.7 Å². The van der Waals surface area contributed by atoms with E-state index in [1.54, 1.807) is 18.2 Å². The number of carbonyl (C=O) groups is 1. The molecule has 0 bridgehead atoms. The van der Waals surface area contributed by atoms with Gasteiger partial charge in [0.05, 0.1) is 11.3 Å². The second kappa shape index (κ2) is 9.05. The second-order valence-corrected chi connectivity index (χ2v) is 8.54. The van der Waals surface area contributed by atoms with E-state index in [1.165, 1.54) is 10.6 Å². The molecule has 1 aromatic rings. The molecule has 0 atom stereocenters. The molecule has 0 aromatic heterocycles. The Balaban J connectivity index is 1.64. The average molecular weight is 410 g/mol. The van der Waals surface area contributed by atoms with Gasteiger partial charge < -0.3 is 10.1 Å². The maximum atomic E-state index is 11.8. The van der Waals surface area contributed by atoms with Crippen LogP contribution in [0.2, 0.25) is 10.0 Å². The third-order valence-corrected chi connectivity index (χ3v) is 5.64. The number of piperazine rings is 1. The number of hydrogen-bond acceptors (Lipinski definition) is 5. The zero-order valence-corrected chi connectivity index (χ0v) is 16.2. The lowest BCUT2D eigenvalue weighted by molar-refractivity contribution is -0.123. The van der Waals surface area contributed by atoms with Crippen LogP contribution in [0.1, 0.15) is 0 Å². The third kappa shape index (κ3) is 6.63. The van der Waals surface area contributed by atoms with E-state index in [1.807, 2.05) is 0 Å². The number of hydrogen-bond donors (Lipinski definition) is 1. The largest absolute Gasteiger partial charge is 0.482 e. The van der Waals surface area contributed by atoms with Crippen molar-refractivity contribution in [2.45, 2.75) is 0 Å². The predicted molar refractivity (Wildman–Crippen MR) is 97.8 cm³/mol. The van der Waals surface area contributed by atoms with Crippen molar-refractivity contribution >= 4 is 39.1 Å². The summed E-state index contributed by atoms with van der Waals surface area (Å²) in [5, 5.41) is 3.61. The van der Waals surface area contributed by atoms with Gasteiger partial charge in [-0.15, -0.1) is 0 Å². The van der Waals surface area contributed by atoms with Crippen molar-refractivity contribution in [3.63, 3.8) is 0 Å². The molecule has 25 heavy (non-hydrogen) atoms. The maximum Gasteiger partial charge on any atom is 0.257 e. The minimum absolute atomic E-state index is 0.136. The van der Waals surface area contributed by atoms with E-state index < -0.39 is 10.0 Å². The monoisotopic (exact) mass is 409 g/mol. The van der Waals surface area contributed by atoms with Gasteiger partial charge in [0.25, 0.3) is 5.91 Å². The Morgan fingerprint density at radius 1 is 1.24 bits per heavy atom. The fourth-order valence-electron chi connectivity index (χ4n) is 2.42. The number of sulfonamides is 1. The Morgan fingerprint density at radius 3 is 2.52 bits per heavy atom. The summed E-state index contributed by atoms with van der Waals surface area (Å²) in [5.74, 6) is 0.152. The summed E-state index contributed by atoms with van der Waals surface area (Å²) in [6.07, 6.45) is 1.22. The van der Waals surface area contributed by atoms with E-state index in [0.717, 1.165) is 0 Å². The van der Waals surface area contributed by atoms with Crippen LogP contribution in [0.15, 0.2) is 18.2 Å². The van der Waals surface area contributed by atoms with Crippen molar-refractivity contribution in [2.75, 3.05) is 52.1 Å². The summed E-state index contributed by atoms with van der Waals surface area (Å²) in [4.78, 5) is 13.9. The Bertz CT molecular complexity index is 707. The second-order valence-electron chi connectivity index (χ2n) is 5.72. The van der Waals surface area contributed by atoms with Gasteiger partial charge in [-0.1, -0.05) is 23.2 Å². The van der Waals surface area contributed by atoms with Crippen molar-refractivity contribution in [1.29, 1.82) is 0 Å². The van der Waals surface area contributed by atoms with E-state index in [0.29, 0.717) is 55.1 Å². The normalized spacial score (nSPS) is 16.6. The minimum Gasteiger partial charge on any atom is -0.482 e. The summed E-state index contributed by atoms with van der Waals surface area (Å²) < 4.78 is 29.7. The number of nitrogens with one attached hydrogen (secondary N) is 1. The van der Waals surface area contributed by atoms with Gasteiger partial charge in [0, 0.05) is 44.3 Å². The summed E-state index contributed by atoms with van der Waals surface area (Å²) in [5.41, 5.74) is 0. The Hall–Kier alpha value is -1.06. The van der Waals surface area contributed by atoms with Gasteiger partial charge in [0.2, 0.25) is 10.0 Å². The average Bonchev–Trinajstić information content (AvgIpc) is 2.53. The standard InChI is InChI=1S/C15H21Cl2N3O4S/c1-25(22,23)20-8-6-19(7-9-20)5-4-18-15(21)11-24-14-3-2-12(16)10-13(14)17/h2-3,10H,4-9,11H2,1H3,(H,18,21). The van der Waals surface area contributed by atoms with Crippen molar-refractivity contribution in [1.82, 2.24) is 14.5 Å². The summed E-state index contributed by atoms with van der Waals surface area (Å²) in [6.45, 7) is 3.25. The maximum absolute atomic E-state index is 11.8. The minimum atomic E-state index is -3.12. The van der Waals surface area contributed by atoms with E-state index in [4.69, 9.17) is 27.9 Å². The van der Waals surface area contributed by atoms with E-state index >= 15 is 0 Å². The van der Waals surface area contributed by atoms with Crippen LogP contribution >= 0.6 is 23.2 Å². The molecule has 0 unspecified atom stereocenters. The van der Waals surface area contributed by atoms with Gasteiger partial charge in [0.15, 0.2) is 6.61 Å². The van der Waals surface area contributed by atoms with Crippen LogP contribution in [0, 0.1) is 0 Å². The van der Waals surface area contributed by atoms with Gasteiger partial charge in [0.1, 0.15) is 5.75 Å². The molecule has 1 N–H and O–H groups in total. The Morgan fingerprint density at radius 2 is 1.92 bits per heavy atom. The molecular formula is C15H21Cl2N3O4S. The zero-order chi connectivity index (χ0) is 18.4. The zero-order valence-electron chi connectivity index (χ0n) is 13.9. The molecule has 1 aliphatic heterocycles. The highest BCUT2D eigenvalue weighted by Crippen LogP contribution is 2.27. The lowest BCUT2D eigenvalue weighted by Crippen LogP contribution is -2.50. The lowest BCUT2D eigenvalue weighted by atomic mass is 10.3. The number of rotatable bonds is 7. The van der Waals surface area contributed by atoms with Crippen molar-refractivity contribution < 1.29 is 17.9 Å². The van der Waals surface area contributed by atoms with E-state index in [-0.39, 0.29) is 12.5 Å². The van der Waals surface area contributed by atoms with E-state index in [9.17, 15) is 13.2 Å². The molecule has 1 aromatic carbocycles. The first kappa shape index (κ1) is 20.3. The fraction of sp³-hybridized carbons (Fsp3) is 0.533. The first-order valence-electron chi connectivity index (χ1n) is 7.78. The highest BCUT2D eigenvalue weighted by molar-refractivity contribution is 7.88. The third-order valence-electron chi connectivity index (χ3n) is 3.80. The molecule has 0 aliphatic carbocycles. The van der Waals surface area contributed by atoms with Crippen molar-refractivity contribution in [2.24, 2.45) is 0 Å². The Labute approximate surface area is 157 Å². The number of nitrogens with zero attached hydrogens (tertiary/aromatic N) is 2. The summed E-state index contributed by atoms with van der Waals surface area (Å²) in [7, 11) is -3.12. The predicted octanol–water partition coefficient (Wildman–Crippen LogP) is 1.07. The van der Waals surface area contributed by atoms with Gasteiger partial charge in [-0.05, 0) is 18.2 Å². The number of carbonyl (C=O) groups excluding carboxylic acids is 1. The molecule has 1 amide bonds. The lowest BCUT2D eigenvalue weighted by Gasteiger charge is -2.33. The van der Waals surface area contributed by atoms with Gasteiger partial charge in [-0.2, -0.15) is 4.31 Å².